The van der Waals surface area contributed by atoms with E-state index < -0.39 is 6.09 Å². The molecule has 0 saturated heterocycles. The van der Waals surface area contributed by atoms with Gasteiger partial charge in [-0.05, 0) is 53.6 Å². The van der Waals surface area contributed by atoms with Gasteiger partial charge < -0.3 is 15.2 Å². The van der Waals surface area contributed by atoms with Crippen molar-refractivity contribution < 1.29 is 14.3 Å². The van der Waals surface area contributed by atoms with E-state index in [1.54, 1.807) is 7.11 Å². The van der Waals surface area contributed by atoms with Gasteiger partial charge in [0.15, 0.2) is 0 Å². The third-order valence-electron chi connectivity index (χ3n) is 4.06. The summed E-state index contributed by atoms with van der Waals surface area (Å²) in [6.07, 6.45) is 1.88. The van der Waals surface area contributed by atoms with Gasteiger partial charge in [0.1, 0.15) is 11.9 Å². The van der Waals surface area contributed by atoms with E-state index in [9.17, 15) is 4.79 Å². The van der Waals surface area contributed by atoms with Crippen LogP contribution < -0.4 is 10.5 Å². The molecule has 0 radical (unpaired) electrons. The van der Waals surface area contributed by atoms with Crippen molar-refractivity contribution in [1.82, 2.24) is 0 Å². The average Bonchev–Trinajstić information content (AvgIpc) is 2.54. The SMILES string of the molecule is COc1cccc(-c2ccc3c(c2)CCCC3OC(N)=O)c1. The van der Waals surface area contributed by atoms with Crippen molar-refractivity contribution in [2.45, 2.75) is 25.4 Å². The van der Waals surface area contributed by atoms with Crippen LogP contribution in [0.3, 0.4) is 0 Å². The maximum Gasteiger partial charge on any atom is 0.405 e. The minimum atomic E-state index is -0.713. The third-order valence-corrected chi connectivity index (χ3v) is 4.06. The highest BCUT2D eigenvalue weighted by Crippen LogP contribution is 2.35. The first-order valence-corrected chi connectivity index (χ1v) is 7.40. The second-order valence-corrected chi connectivity index (χ2v) is 5.46. The first-order valence-electron chi connectivity index (χ1n) is 7.40. The largest absolute Gasteiger partial charge is 0.497 e. The Morgan fingerprint density at radius 1 is 1.18 bits per heavy atom. The molecule has 0 aliphatic heterocycles. The Balaban J connectivity index is 1.94. The predicted octanol–water partition coefficient (Wildman–Crippen LogP) is 3.83. The summed E-state index contributed by atoms with van der Waals surface area (Å²) >= 11 is 0. The smallest absolute Gasteiger partial charge is 0.405 e. The number of carbonyl (C=O) groups is 1. The fourth-order valence-electron chi connectivity index (χ4n) is 3.01. The molecule has 0 fully saturated rings. The lowest BCUT2D eigenvalue weighted by molar-refractivity contribution is 0.0959. The highest BCUT2D eigenvalue weighted by Gasteiger charge is 2.23. The van der Waals surface area contributed by atoms with Gasteiger partial charge in [0.25, 0.3) is 0 Å². The van der Waals surface area contributed by atoms with Gasteiger partial charge in [0.2, 0.25) is 0 Å². The van der Waals surface area contributed by atoms with Crippen molar-refractivity contribution >= 4 is 6.09 Å². The number of nitrogens with two attached hydrogens (primary N) is 1. The first kappa shape index (κ1) is 14.4. The van der Waals surface area contributed by atoms with Gasteiger partial charge in [-0.15, -0.1) is 0 Å². The second kappa shape index (κ2) is 6.10. The van der Waals surface area contributed by atoms with E-state index in [2.05, 4.69) is 18.2 Å². The van der Waals surface area contributed by atoms with E-state index in [-0.39, 0.29) is 6.10 Å². The van der Waals surface area contributed by atoms with Gasteiger partial charge in [-0.25, -0.2) is 4.79 Å². The lowest BCUT2D eigenvalue weighted by Gasteiger charge is -2.25. The second-order valence-electron chi connectivity index (χ2n) is 5.46. The first-order chi connectivity index (χ1) is 10.7. The topological polar surface area (TPSA) is 61.6 Å². The van der Waals surface area contributed by atoms with Crippen molar-refractivity contribution in [3.8, 4) is 16.9 Å². The minimum Gasteiger partial charge on any atom is -0.497 e. The van der Waals surface area contributed by atoms with Crippen LogP contribution in [0.25, 0.3) is 11.1 Å². The number of amides is 1. The van der Waals surface area contributed by atoms with E-state index >= 15 is 0 Å². The Bertz CT molecular complexity index is 696. The molecule has 0 spiro atoms. The van der Waals surface area contributed by atoms with Gasteiger partial charge in [-0.2, -0.15) is 0 Å². The van der Waals surface area contributed by atoms with Crippen molar-refractivity contribution in [2.24, 2.45) is 5.73 Å². The van der Waals surface area contributed by atoms with Crippen LogP contribution in [-0.4, -0.2) is 13.2 Å². The molecule has 0 aromatic heterocycles. The Morgan fingerprint density at radius 2 is 2.00 bits per heavy atom. The summed E-state index contributed by atoms with van der Waals surface area (Å²) in [5.41, 5.74) is 9.69. The molecule has 2 N–H and O–H groups in total. The van der Waals surface area contributed by atoms with E-state index in [4.69, 9.17) is 15.2 Å². The molecule has 4 nitrogen and oxygen atoms in total. The molecule has 2 aromatic rings. The standard InChI is InChI=1S/C18H19NO3/c1-21-15-6-2-4-12(11-15)13-8-9-16-14(10-13)5-3-7-17(16)22-18(19)20/h2,4,6,8-11,17H,3,5,7H2,1H3,(H2,19,20). The Kier molecular flexibility index (Phi) is 4.00. The van der Waals surface area contributed by atoms with Crippen LogP contribution in [0.1, 0.15) is 30.1 Å². The number of hydrogen-bond acceptors (Lipinski definition) is 3. The molecule has 1 atom stereocenters. The van der Waals surface area contributed by atoms with Crippen LogP contribution in [0, 0.1) is 0 Å². The van der Waals surface area contributed by atoms with E-state index in [0.717, 1.165) is 41.7 Å². The summed E-state index contributed by atoms with van der Waals surface area (Å²) in [4.78, 5) is 11.0. The molecule has 0 heterocycles. The molecular weight excluding hydrogens is 278 g/mol. The molecule has 1 amide bonds. The Morgan fingerprint density at radius 3 is 2.77 bits per heavy atom. The summed E-state index contributed by atoms with van der Waals surface area (Å²) in [7, 11) is 1.66. The number of ether oxygens (including phenoxy) is 2. The van der Waals surface area contributed by atoms with E-state index in [0.29, 0.717) is 0 Å². The molecule has 1 aliphatic carbocycles. The normalized spacial score (nSPS) is 16.7. The van der Waals surface area contributed by atoms with Crippen LogP contribution in [0.4, 0.5) is 4.79 Å². The van der Waals surface area contributed by atoms with E-state index in [1.807, 2.05) is 24.3 Å². The van der Waals surface area contributed by atoms with Crippen LogP contribution in [0.15, 0.2) is 42.5 Å². The van der Waals surface area contributed by atoms with Gasteiger partial charge in [-0.3, -0.25) is 0 Å². The number of benzene rings is 2. The number of hydrogen-bond donors (Lipinski definition) is 1. The molecule has 2 aromatic carbocycles. The number of methoxy groups -OCH3 is 1. The van der Waals surface area contributed by atoms with Crippen LogP contribution >= 0.6 is 0 Å². The van der Waals surface area contributed by atoms with Crippen molar-refractivity contribution in [3.05, 3.63) is 53.6 Å². The van der Waals surface area contributed by atoms with Gasteiger partial charge in [0, 0.05) is 0 Å². The molecule has 1 aliphatic rings. The Hall–Kier alpha value is -2.49. The Labute approximate surface area is 129 Å². The van der Waals surface area contributed by atoms with Crippen molar-refractivity contribution in [2.75, 3.05) is 7.11 Å². The highest BCUT2D eigenvalue weighted by molar-refractivity contribution is 5.68. The van der Waals surface area contributed by atoms with E-state index in [1.165, 1.54) is 5.56 Å². The fraction of sp³-hybridized carbons (Fsp3) is 0.278. The molecule has 0 saturated carbocycles. The zero-order valence-electron chi connectivity index (χ0n) is 12.5. The van der Waals surface area contributed by atoms with Gasteiger partial charge in [0.05, 0.1) is 7.11 Å². The number of primary amides is 1. The number of rotatable bonds is 3. The molecule has 22 heavy (non-hydrogen) atoms. The molecule has 4 heteroatoms. The quantitative estimate of drug-likeness (QED) is 0.936. The lowest BCUT2D eigenvalue weighted by Crippen LogP contribution is -2.20. The molecule has 3 rings (SSSR count). The van der Waals surface area contributed by atoms with Crippen LogP contribution in [-0.2, 0) is 11.2 Å². The summed E-state index contributed by atoms with van der Waals surface area (Å²) in [5.74, 6) is 0.838. The zero-order valence-corrected chi connectivity index (χ0v) is 12.5. The maximum absolute atomic E-state index is 11.0. The average molecular weight is 297 g/mol. The summed E-state index contributed by atoms with van der Waals surface area (Å²) in [6, 6.07) is 14.2. The van der Waals surface area contributed by atoms with Crippen LogP contribution in [0.2, 0.25) is 0 Å². The van der Waals surface area contributed by atoms with Crippen molar-refractivity contribution in [1.29, 1.82) is 0 Å². The zero-order chi connectivity index (χ0) is 15.5. The number of carbonyl (C=O) groups excluding carboxylic acids is 1. The van der Waals surface area contributed by atoms with Crippen LogP contribution in [0.5, 0.6) is 5.75 Å². The molecule has 1 unspecified atom stereocenters. The van der Waals surface area contributed by atoms with Gasteiger partial charge in [-0.1, -0.05) is 30.3 Å². The monoisotopic (exact) mass is 297 g/mol. The van der Waals surface area contributed by atoms with Crippen molar-refractivity contribution in [3.63, 3.8) is 0 Å². The van der Waals surface area contributed by atoms with Gasteiger partial charge >= 0.3 is 6.09 Å². The molecular formula is C18H19NO3. The number of fused-ring (bicyclic) bond motifs is 1. The lowest BCUT2D eigenvalue weighted by atomic mass is 9.87. The maximum atomic E-state index is 11.0. The minimum absolute atomic E-state index is 0.222. The summed E-state index contributed by atoms with van der Waals surface area (Å²) in [6.45, 7) is 0. The molecule has 0 bridgehead atoms. The molecule has 114 valence electrons. The summed E-state index contributed by atoms with van der Waals surface area (Å²) < 4.78 is 10.5. The summed E-state index contributed by atoms with van der Waals surface area (Å²) in [5, 5.41) is 0. The third kappa shape index (κ3) is 2.91. The fourth-order valence-corrected chi connectivity index (χ4v) is 3.01. The number of aryl methyl sites for hydroxylation is 1. The predicted molar refractivity (Wildman–Crippen MR) is 84.8 cm³/mol. The highest BCUT2D eigenvalue weighted by atomic mass is 16.6.